The van der Waals surface area contributed by atoms with Gasteiger partial charge in [0, 0.05) is 24.7 Å². The highest BCUT2D eigenvalue weighted by Gasteiger charge is 2.18. The van der Waals surface area contributed by atoms with E-state index >= 15 is 0 Å². The number of rotatable bonds is 11. The smallest absolute Gasteiger partial charge is 0.407 e. The van der Waals surface area contributed by atoms with E-state index in [1.54, 1.807) is 47.1 Å². The van der Waals surface area contributed by atoms with Crippen molar-refractivity contribution in [2.45, 2.75) is 58.2 Å². The lowest BCUT2D eigenvalue weighted by Crippen LogP contribution is -2.36. The summed E-state index contributed by atoms with van der Waals surface area (Å²) in [6.07, 6.45) is 1.30. The maximum absolute atomic E-state index is 11.6. The zero-order valence-electron chi connectivity index (χ0n) is 17.3. The highest BCUT2D eigenvalue weighted by molar-refractivity contribution is 5.73. The first-order valence-corrected chi connectivity index (χ1v) is 9.30. The SMILES string of the molecule is COc1ccc(CN[C@@H](CCCCNC(=O)OC(C)(C)C)C(=O)O)c(OC)c1. The van der Waals surface area contributed by atoms with Crippen LogP contribution >= 0.6 is 0 Å². The number of benzene rings is 1. The molecule has 1 atom stereocenters. The van der Waals surface area contributed by atoms with Crippen LogP contribution in [0.4, 0.5) is 4.79 Å². The van der Waals surface area contributed by atoms with Crippen LogP contribution in [0.1, 0.15) is 45.6 Å². The van der Waals surface area contributed by atoms with Gasteiger partial charge in [0.2, 0.25) is 0 Å². The molecule has 1 aromatic carbocycles. The normalized spacial score (nSPS) is 12.2. The average molecular weight is 396 g/mol. The van der Waals surface area contributed by atoms with Gasteiger partial charge in [-0.05, 0) is 46.1 Å². The summed E-state index contributed by atoms with van der Waals surface area (Å²) in [6.45, 7) is 6.20. The van der Waals surface area contributed by atoms with Gasteiger partial charge in [0.25, 0.3) is 0 Å². The van der Waals surface area contributed by atoms with Crippen molar-refractivity contribution >= 4 is 12.1 Å². The first-order valence-electron chi connectivity index (χ1n) is 9.30. The molecule has 8 heteroatoms. The predicted octanol–water partition coefficient (Wildman–Crippen LogP) is 2.94. The fourth-order valence-corrected chi connectivity index (χ4v) is 2.52. The lowest BCUT2D eigenvalue weighted by atomic mass is 10.1. The molecule has 0 unspecified atom stereocenters. The number of hydrogen-bond acceptors (Lipinski definition) is 6. The highest BCUT2D eigenvalue weighted by Crippen LogP contribution is 2.24. The molecule has 1 amide bonds. The number of hydrogen-bond donors (Lipinski definition) is 3. The standard InChI is InChI=1S/C20H32N2O6/c1-20(2,3)28-19(25)21-11-7-6-8-16(18(23)24)22-13-14-9-10-15(26-4)12-17(14)27-5/h9-10,12,16,22H,6-8,11,13H2,1-5H3,(H,21,25)(H,23,24)/t16-/m0/s1. The monoisotopic (exact) mass is 396 g/mol. The fourth-order valence-electron chi connectivity index (χ4n) is 2.52. The maximum Gasteiger partial charge on any atom is 0.407 e. The van der Waals surface area contributed by atoms with Crippen LogP contribution in [0.5, 0.6) is 11.5 Å². The molecule has 0 saturated heterocycles. The molecule has 1 aromatic rings. The van der Waals surface area contributed by atoms with Gasteiger partial charge in [0.15, 0.2) is 0 Å². The predicted molar refractivity (Wildman–Crippen MR) is 106 cm³/mol. The minimum atomic E-state index is -0.910. The van der Waals surface area contributed by atoms with Crippen LogP contribution in [0.2, 0.25) is 0 Å². The van der Waals surface area contributed by atoms with Crippen LogP contribution in [0.15, 0.2) is 18.2 Å². The van der Waals surface area contributed by atoms with Gasteiger partial charge in [-0.2, -0.15) is 0 Å². The lowest BCUT2D eigenvalue weighted by Gasteiger charge is -2.19. The van der Waals surface area contributed by atoms with E-state index in [0.717, 1.165) is 5.56 Å². The van der Waals surface area contributed by atoms with Crippen LogP contribution in [0.25, 0.3) is 0 Å². The van der Waals surface area contributed by atoms with Gasteiger partial charge in [-0.25, -0.2) is 4.79 Å². The van der Waals surface area contributed by atoms with Crippen molar-refractivity contribution in [2.24, 2.45) is 0 Å². The van der Waals surface area contributed by atoms with Crippen molar-refractivity contribution in [1.82, 2.24) is 10.6 Å². The molecule has 0 fully saturated rings. The molecule has 158 valence electrons. The van der Waals surface area contributed by atoms with Crippen LogP contribution in [0.3, 0.4) is 0 Å². The summed E-state index contributed by atoms with van der Waals surface area (Å²) in [5, 5.41) is 15.1. The molecule has 1 rings (SSSR count). The molecular weight excluding hydrogens is 364 g/mol. The molecular formula is C20H32N2O6. The van der Waals surface area contributed by atoms with Gasteiger partial charge in [0.05, 0.1) is 14.2 Å². The van der Waals surface area contributed by atoms with Crippen LogP contribution in [0, 0.1) is 0 Å². The number of carbonyl (C=O) groups excluding carboxylic acids is 1. The van der Waals surface area contributed by atoms with Gasteiger partial charge in [-0.15, -0.1) is 0 Å². The summed E-state index contributed by atoms with van der Waals surface area (Å²) >= 11 is 0. The number of unbranched alkanes of at least 4 members (excludes halogenated alkanes) is 1. The third kappa shape index (κ3) is 8.94. The molecule has 0 saturated carbocycles. The molecule has 0 aliphatic carbocycles. The Morgan fingerprint density at radius 3 is 2.43 bits per heavy atom. The van der Waals surface area contributed by atoms with E-state index in [-0.39, 0.29) is 0 Å². The molecule has 8 nitrogen and oxygen atoms in total. The summed E-state index contributed by atoms with van der Waals surface area (Å²) in [5.41, 5.74) is 0.311. The third-order valence-corrected chi connectivity index (χ3v) is 3.92. The van der Waals surface area contributed by atoms with Crippen molar-refractivity contribution in [3.05, 3.63) is 23.8 Å². The largest absolute Gasteiger partial charge is 0.497 e. The van der Waals surface area contributed by atoms with E-state index in [9.17, 15) is 14.7 Å². The van der Waals surface area contributed by atoms with E-state index in [1.807, 2.05) is 6.07 Å². The second kappa shape index (κ2) is 11.4. The van der Waals surface area contributed by atoms with Gasteiger partial charge < -0.3 is 30.0 Å². The second-order valence-corrected chi connectivity index (χ2v) is 7.37. The Morgan fingerprint density at radius 1 is 1.14 bits per heavy atom. The maximum atomic E-state index is 11.6. The number of carboxylic acids is 1. The molecule has 0 radical (unpaired) electrons. The third-order valence-electron chi connectivity index (χ3n) is 3.92. The Balaban J connectivity index is 2.42. The fraction of sp³-hybridized carbons (Fsp3) is 0.600. The van der Waals surface area contributed by atoms with Gasteiger partial charge in [-0.3, -0.25) is 4.79 Å². The minimum absolute atomic E-state index is 0.361. The number of amides is 1. The lowest BCUT2D eigenvalue weighted by molar-refractivity contribution is -0.139. The van der Waals surface area contributed by atoms with E-state index in [1.165, 1.54) is 0 Å². The summed E-state index contributed by atoms with van der Waals surface area (Å²) in [5.74, 6) is 0.401. The van der Waals surface area contributed by atoms with Crippen LogP contribution < -0.4 is 20.1 Å². The molecule has 28 heavy (non-hydrogen) atoms. The molecule has 0 aliphatic heterocycles. The number of carboxylic acid groups (broad SMARTS) is 1. The summed E-state index contributed by atoms with van der Waals surface area (Å²) in [7, 11) is 3.13. The van der Waals surface area contributed by atoms with Crippen molar-refractivity contribution < 1.29 is 28.9 Å². The van der Waals surface area contributed by atoms with Gasteiger partial charge in [-0.1, -0.05) is 6.07 Å². The number of carbonyl (C=O) groups is 2. The molecule has 3 N–H and O–H groups in total. The first kappa shape index (κ1) is 23.6. The number of methoxy groups -OCH3 is 2. The van der Waals surface area contributed by atoms with E-state index < -0.39 is 23.7 Å². The Bertz CT molecular complexity index is 642. The van der Waals surface area contributed by atoms with Gasteiger partial charge in [0.1, 0.15) is 23.1 Å². The molecule has 0 spiro atoms. The van der Waals surface area contributed by atoms with Crippen molar-refractivity contribution in [3.63, 3.8) is 0 Å². The molecule has 0 bridgehead atoms. The Hall–Kier alpha value is -2.48. The second-order valence-electron chi connectivity index (χ2n) is 7.37. The minimum Gasteiger partial charge on any atom is -0.497 e. The van der Waals surface area contributed by atoms with Crippen LogP contribution in [-0.2, 0) is 16.1 Å². The number of alkyl carbamates (subject to hydrolysis) is 1. The Morgan fingerprint density at radius 2 is 1.86 bits per heavy atom. The van der Waals surface area contributed by atoms with Crippen molar-refractivity contribution in [3.8, 4) is 11.5 Å². The van der Waals surface area contributed by atoms with E-state index in [2.05, 4.69) is 10.6 Å². The zero-order chi connectivity index (χ0) is 21.2. The topological polar surface area (TPSA) is 106 Å². The van der Waals surface area contributed by atoms with E-state index in [0.29, 0.717) is 43.9 Å². The van der Waals surface area contributed by atoms with E-state index in [4.69, 9.17) is 14.2 Å². The summed E-state index contributed by atoms with van der Waals surface area (Å²) in [4.78, 5) is 23.1. The van der Waals surface area contributed by atoms with Gasteiger partial charge >= 0.3 is 12.1 Å². The van der Waals surface area contributed by atoms with Crippen LogP contribution in [-0.4, -0.2) is 49.6 Å². The molecule has 0 heterocycles. The summed E-state index contributed by atoms with van der Waals surface area (Å²) in [6, 6.07) is 4.72. The van der Waals surface area contributed by atoms with Crippen molar-refractivity contribution in [2.75, 3.05) is 20.8 Å². The first-order chi connectivity index (χ1) is 13.2. The Kier molecular flexibility index (Phi) is 9.58. The summed E-state index contributed by atoms with van der Waals surface area (Å²) < 4.78 is 15.6. The Labute approximate surface area is 166 Å². The number of aliphatic carboxylic acids is 1. The molecule has 0 aromatic heterocycles. The zero-order valence-corrected chi connectivity index (χ0v) is 17.3. The highest BCUT2D eigenvalue weighted by atomic mass is 16.6. The van der Waals surface area contributed by atoms with Crippen molar-refractivity contribution in [1.29, 1.82) is 0 Å². The average Bonchev–Trinajstić information content (AvgIpc) is 2.62. The number of ether oxygens (including phenoxy) is 3. The quantitative estimate of drug-likeness (QED) is 0.494. The molecule has 0 aliphatic rings. The number of nitrogens with one attached hydrogen (secondary N) is 2.